The van der Waals surface area contributed by atoms with E-state index < -0.39 is 0 Å². The SMILES string of the molecule is Cc1cc(C(Br)c2ccc3c(c2)C(=O)NCCC3)c(C)o1. The summed E-state index contributed by atoms with van der Waals surface area (Å²) < 4.78 is 5.60. The van der Waals surface area contributed by atoms with Gasteiger partial charge in [-0.1, -0.05) is 28.1 Å². The molecule has 0 spiro atoms. The van der Waals surface area contributed by atoms with E-state index in [4.69, 9.17) is 4.42 Å². The topological polar surface area (TPSA) is 42.2 Å². The van der Waals surface area contributed by atoms with E-state index in [-0.39, 0.29) is 10.7 Å². The lowest BCUT2D eigenvalue weighted by molar-refractivity contribution is 0.0956. The number of furan rings is 1. The highest BCUT2D eigenvalue weighted by Crippen LogP contribution is 2.35. The monoisotopic (exact) mass is 347 g/mol. The van der Waals surface area contributed by atoms with Crippen molar-refractivity contribution in [1.82, 2.24) is 5.32 Å². The average Bonchev–Trinajstić information content (AvgIpc) is 2.69. The molecule has 1 aromatic carbocycles. The molecule has 1 aliphatic heterocycles. The van der Waals surface area contributed by atoms with Crippen LogP contribution in [0.25, 0.3) is 0 Å². The fraction of sp³-hybridized carbons (Fsp3) is 0.353. The van der Waals surface area contributed by atoms with Crippen LogP contribution in [-0.4, -0.2) is 12.5 Å². The molecule has 3 nitrogen and oxygen atoms in total. The Morgan fingerprint density at radius 1 is 1.29 bits per heavy atom. The molecule has 1 unspecified atom stereocenters. The molecule has 110 valence electrons. The van der Waals surface area contributed by atoms with Gasteiger partial charge < -0.3 is 9.73 Å². The average molecular weight is 348 g/mol. The second-order valence-corrected chi connectivity index (χ2v) is 6.42. The van der Waals surface area contributed by atoms with Crippen molar-refractivity contribution < 1.29 is 9.21 Å². The van der Waals surface area contributed by atoms with Gasteiger partial charge in [-0.05, 0) is 49.9 Å². The maximum absolute atomic E-state index is 12.1. The lowest BCUT2D eigenvalue weighted by Crippen LogP contribution is -2.22. The van der Waals surface area contributed by atoms with Crippen LogP contribution in [0.2, 0.25) is 0 Å². The second-order valence-electron chi connectivity index (χ2n) is 5.51. The van der Waals surface area contributed by atoms with Crippen LogP contribution < -0.4 is 5.32 Å². The van der Waals surface area contributed by atoms with Gasteiger partial charge in [0.25, 0.3) is 5.91 Å². The number of carbonyl (C=O) groups is 1. The summed E-state index contributed by atoms with van der Waals surface area (Å²) in [5.74, 6) is 1.84. The van der Waals surface area contributed by atoms with Crippen molar-refractivity contribution in [3.63, 3.8) is 0 Å². The molecule has 0 saturated carbocycles. The molecule has 0 radical (unpaired) electrons. The van der Waals surface area contributed by atoms with E-state index in [0.29, 0.717) is 0 Å². The molecule has 1 aromatic heterocycles. The fourth-order valence-corrected chi connectivity index (χ4v) is 3.58. The molecule has 1 atom stereocenters. The minimum Gasteiger partial charge on any atom is -0.466 e. The Hall–Kier alpha value is -1.55. The number of rotatable bonds is 2. The maximum atomic E-state index is 12.1. The number of halogens is 1. The van der Waals surface area contributed by atoms with E-state index in [9.17, 15) is 4.79 Å². The Bertz CT molecular complexity index is 690. The molecular weight excluding hydrogens is 330 g/mol. The van der Waals surface area contributed by atoms with Crippen molar-refractivity contribution in [2.45, 2.75) is 31.5 Å². The summed E-state index contributed by atoms with van der Waals surface area (Å²) in [6.07, 6.45) is 1.95. The van der Waals surface area contributed by atoms with E-state index in [2.05, 4.69) is 33.4 Å². The first-order chi connectivity index (χ1) is 10.1. The Balaban J connectivity index is 2.00. The normalized spacial score (nSPS) is 16.0. The van der Waals surface area contributed by atoms with Gasteiger partial charge in [0.1, 0.15) is 11.5 Å². The largest absolute Gasteiger partial charge is 0.466 e. The molecule has 1 aliphatic rings. The number of alkyl halides is 1. The van der Waals surface area contributed by atoms with E-state index >= 15 is 0 Å². The van der Waals surface area contributed by atoms with Gasteiger partial charge in [-0.15, -0.1) is 0 Å². The zero-order chi connectivity index (χ0) is 15.0. The van der Waals surface area contributed by atoms with Crippen LogP contribution in [0, 0.1) is 13.8 Å². The third-order valence-corrected chi connectivity index (χ3v) is 4.95. The maximum Gasteiger partial charge on any atom is 0.251 e. The van der Waals surface area contributed by atoms with Gasteiger partial charge >= 0.3 is 0 Å². The molecule has 0 bridgehead atoms. The van der Waals surface area contributed by atoms with Crippen LogP contribution in [0.1, 0.15) is 49.8 Å². The van der Waals surface area contributed by atoms with Crippen LogP contribution in [-0.2, 0) is 6.42 Å². The van der Waals surface area contributed by atoms with Crippen LogP contribution >= 0.6 is 15.9 Å². The van der Waals surface area contributed by atoms with Crippen molar-refractivity contribution in [2.24, 2.45) is 0 Å². The Kier molecular flexibility index (Phi) is 3.89. The Labute approximate surface area is 132 Å². The van der Waals surface area contributed by atoms with Gasteiger partial charge in [-0.3, -0.25) is 4.79 Å². The third kappa shape index (κ3) is 2.77. The first-order valence-corrected chi connectivity index (χ1v) is 8.10. The molecule has 0 fully saturated rings. The lowest BCUT2D eigenvalue weighted by Gasteiger charge is -2.12. The standard InChI is InChI=1S/C17H18BrNO2/c1-10-8-14(11(2)21-10)16(18)13-6-5-12-4-3-7-19-17(20)15(12)9-13/h5-6,8-9,16H,3-4,7H2,1-2H3,(H,19,20). The van der Waals surface area contributed by atoms with Gasteiger partial charge in [0.2, 0.25) is 0 Å². The van der Waals surface area contributed by atoms with Crippen LogP contribution in [0.15, 0.2) is 28.7 Å². The first-order valence-electron chi connectivity index (χ1n) is 7.18. The summed E-state index contributed by atoms with van der Waals surface area (Å²) in [5.41, 5.74) is 4.12. The van der Waals surface area contributed by atoms with Crippen LogP contribution in [0.5, 0.6) is 0 Å². The van der Waals surface area contributed by atoms with Gasteiger partial charge in [0.15, 0.2) is 0 Å². The van der Waals surface area contributed by atoms with Crippen molar-refractivity contribution in [3.8, 4) is 0 Å². The van der Waals surface area contributed by atoms with Gasteiger partial charge in [-0.2, -0.15) is 0 Å². The van der Waals surface area contributed by atoms with E-state index in [0.717, 1.165) is 53.2 Å². The van der Waals surface area contributed by atoms with E-state index in [1.54, 1.807) is 0 Å². The molecule has 1 amide bonds. The van der Waals surface area contributed by atoms with Gasteiger partial charge in [0, 0.05) is 17.7 Å². The quantitative estimate of drug-likeness (QED) is 0.832. The van der Waals surface area contributed by atoms with Crippen LogP contribution in [0.3, 0.4) is 0 Å². The summed E-state index contributed by atoms with van der Waals surface area (Å²) >= 11 is 3.73. The van der Waals surface area contributed by atoms with Crippen molar-refractivity contribution >= 4 is 21.8 Å². The van der Waals surface area contributed by atoms with Gasteiger partial charge in [0.05, 0.1) is 4.83 Å². The third-order valence-electron chi connectivity index (χ3n) is 3.93. The number of amides is 1. The molecule has 1 N–H and O–H groups in total. The first kappa shape index (κ1) is 14.4. The lowest BCUT2D eigenvalue weighted by atomic mass is 9.97. The van der Waals surface area contributed by atoms with Crippen LogP contribution in [0.4, 0.5) is 0 Å². The summed E-state index contributed by atoms with van der Waals surface area (Å²) in [7, 11) is 0. The molecule has 2 heterocycles. The highest BCUT2D eigenvalue weighted by molar-refractivity contribution is 9.09. The molecule has 2 aromatic rings. The number of aryl methyl sites for hydroxylation is 3. The number of nitrogens with one attached hydrogen (secondary N) is 1. The Morgan fingerprint density at radius 3 is 2.81 bits per heavy atom. The summed E-state index contributed by atoms with van der Waals surface area (Å²) in [4.78, 5) is 12.2. The minimum absolute atomic E-state index is 0.0316. The molecule has 4 heteroatoms. The summed E-state index contributed by atoms with van der Waals surface area (Å²) in [6, 6.07) is 8.21. The van der Waals surface area contributed by atoms with E-state index in [1.165, 1.54) is 0 Å². The van der Waals surface area contributed by atoms with Gasteiger partial charge in [-0.25, -0.2) is 0 Å². The highest BCUT2D eigenvalue weighted by atomic mass is 79.9. The number of fused-ring (bicyclic) bond motifs is 1. The highest BCUT2D eigenvalue weighted by Gasteiger charge is 2.20. The second kappa shape index (κ2) is 5.68. The zero-order valence-corrected chi connectivity index (χ0v) is 13.8. The smallest absolute Gasteiger partial charge is 0.251 e. The Morgan fingerprint density at radius 2 is 2.10 bits per heavy atom. The van der Waals surface area contributed by atoms with E-state index in [1.807, 2.05) is 26.0 Å². The zero-order valence-electron chi connectivity index (χ0n) is 12.2. The molecule has 3 rings (SSSR count). The molecule has 21 heavy (non-hydrogen) atoms. The minimum atomic E-state index is 0.0316. The number of benzene rings is 1. The molecule has 0 saturated heterocycles. The number of hydrogen-bond donors (Lipinski definition) is 1. The fourth-order valence-electron chi connectivity index (χ4n) is 2.84. The predicted octanol–water partition coefficient (Wildman–Crippen LogP) is 4.06. The number of hydrogen-bond acceptors (Lipinski definition) is 2. The summed E-state index contributed by atoms with van der Waals surface area (Å²) in [6.45, 7) is 4.66. The molecular formula is C17H18BrNO2. The predicted molar refractivity (Wildman–Crippen MR) is 86.0 cm³/mol. The van der Waals surface area contributed by atoms with Crippen molar-refractivity contribution in [3.05, 3.63) is 58.0 Å². The van der Waals surface area contributed by atoms with Crippen molar-refractivity contribution in [2.75, 3.05) is 6.54 Å². The van der Waals surface area contributed by atoms with Crippen molar-refractivity contribution in [1.29, 1.82) is 0 Å². The number of carbonyl (C=O) groups excluding carboxylic acids is 1. The molecule has 0 aliphatic carbocycles. The summed E-state index contributed by atoms with van der Waals surface area (Å²) in [5, 5.41) is 2.95.